The number of imidazole rings is 1. The van der Waals surface area contributed by atoms with Crippen LogP contribution in [0.15, 0.2) is 37.1 Å². The Kier molecular flexibility index (Phi) is 3.38. The molecular weight excluding hydrogens is 312 g/mol. The monoisotopic (exact) mass is 326 g/mol. The van der Waals surface area contributed by atoms with Gasteiger partial charge in [0.2, 0.25) is 0 Å². The van der Waals surface area contributed by atoms with Gasteiger partial charge in [0.15, 0.2) is 11.5 Å². The van der Waals surface area contributed by atoms with E-state index in [4.69, 9.17) is 11.6 Å². The maximum absolute atomic E-state index is 6.09. The van der Waals surface area contributed by atoms with E-state index in [1.807, 2.05) is 36.0 Å². The summed E-state index contributed by atoms with van der Waals surface area (Å²) in [6.07, 6.45) is 6.18. The number of aromatic nitrogens is 5. The third-order valence-electron chi connectivity index (χ3n) is 3.91. The molecule has 2 N–H and O–H groups in total. The minimum atomic E-state index is 0.748. The molecule has 0 saturated carbocycles. The maximum atomic E-state index is 6.09. The summed E-state index contributed by atoms with van der Waals surface area (Å²) >= 11 is 6.09. The molecule has 0 amide bonds. The second kappa shape index (κ2) is 5.55. The molecule has 1 aromatic carbocycles. The van der Waals surface area contributed by atoms with Crippen LogP contribution in [-0.4, -0.2) is 31.0 Å². The van der Waals surface area contributed by atoms with Crippen LogP contribution in [0.2, 0.25) is 5.02 Å². The molecular formula is C16H15ClN6. The second-order valence-electron chi connectivity index (χ2n) is 5.43. The van der Waals surface area contributed by atoms with Crippen molar-refractivity contribution in [2.75, 3.05) is 11.9 Å². The van der Waals surface area contributed by atoms with Gasteiger partial charge in [-0.05, 0) is 30.2 Å². The number of benzene rings is 1. The molecule has 6 nitrogen and oxygen atoms in total. The van der Waals surface area contributed by atoms with Crippen LogP contribution in [0, 0.1) is 0 Å². The van der Waals surface area contributed by atoms with E-state index in [1.54, 1.807) is 12.7 Å². The number of nitrogens with zero attached hydrogens (tertiary/aromatic N) is 4. The highest BCUT2D eigenvalue weighted by Crippen LogP contribution is 2.23. The number of halogens is 1. The number of aryl methyl sites for hydroxylation is 1. The molecule has 0 aliphatic carbocycles. The summed E-state index contributed by atoms with van der Waals surface area (Å²) < 4.78 is 1.88. The predicted molar refractivity (Wildman–Crippen MR) is 91.8 cm³/mol. The number of anilines is 1. The number of aromatic amines is 1. The lowest BCUT2D eigenvalue weighted by Crippen LogP contribution is -2.07. The fraction of sp³-hybridized carbons (Fsp3) is 0.188. The van der Waals surface area contributed by atoms with Gasteiger partial charge in [-0.15, -0.1) is 0 Å². The minimum Gasteiger partial charge on any atom is -0.368 e. The predicted octanol–water partition coefficient (Wildman–Crippen LogP) is 3.15. The van der Waals surface area contributed by atoms with Gasteiger partial charge in [-0.1, -0.05) is 11.6 Å². The van der Waals surface area contributed by atoms with Gasteiger partial charge in [-0.2, -0.15) is 0 Å². The lowest BCUT2D eigenvalue weighted by atomic mass is 10.1. The van der Waals surface area contributed by atoms with Crippen LogP contribution in [0.3, 0.4) is 0 Å². The second-order valence-corrected chi connectivity index (χ2v) is 5.87. The zero-order valence-electron chi connectivity index (χ0n) is 12.5. The Morgan fingerprint density at radius 2 is 2.17 bits per heavy atom. The fourth-order valence-corrected chi connectivity index (χ4v) is 2.92. The number of hydrogen-bond donors (Lipinski definition) is 2. The molecule has 0 saturated heterocycles. The summed E-state index contributed by atoms with van der Waals surface area (Å²) in [5, 5.41) is 5.25. The third-order valence-corrected chi connectivity index (χ3v) is 4.15. The normalized spacial score (nSPS) is 11.4. The summed E-state index contributed by atoms with van der Waals surface area (Å²) in [5.41, 5.74) is 3.93. The SMILES string of the molecule is Cn1cnc2c(NCCc3c[nH]c4ccc(Cl)cc34)ncnc21. The first-order valence-electron chi connectivity index (χ1n) is 7.34. The van der Waals surface area contributed by atoms with E-state index in [9.17, 15) is 0 Å². The third kappa shape index (κ3) is 2.51. The van der Waals surface area contributed by atoms with Crippen LogP contribution >= 0.6 is 11.6 Å². The Morgan fingerprint density at radius 1 is 1.26 bits per heavy atom. The zero-order valence-corrected chi connectivity index (χ0v) is 13.3. The number of fused-ring (bicyclic) bond motifs is 2. The molecule has 7 heteroatoms. The number of H-pyrrole nitrogens is 1. The molecule has 116 valence electrons. The van der Waals surface area contributed by atoms with Gasteiger partial charge in [0.05, 0.1) is 6.33 Å². The van der Waals surface area contributed by atoms with Crippen molar-refractivity contribution >= 4 is 39.5 Å². The topological polar surface area (TPSA) is 71.4 Å². The summed E-state index contributed by atoms with van der Waals surface area (Å²) in [5.74, 6) is 0.758. The van der Waals surface area contributed by atoms with Crippen LogP contribution in [-0.2, 0) is 13.5 Å². The number of hydrogen-bond acceptors (Lipinski definition) is 4. The van der Waals surface area contributed by atoms with E-state index in [0.29, 0.717) is 0 Å². The Morgan fingerprint density at radius 3 is 3.09 bits per heavy atom. The molecule has 0 unspecified atom stereocenters. The average molecular weight is 327 g/mol. The maximum Gasteiger partial charge on any atom is 0.165 e. The summed E-state index contributed by atoms with van der Waals surface area (Å²) in [4.78, 5) is 16.1. The molecule has 0 aliphatic heterocycles. The largest absolute Gasteiger partial charge is 0.368 e. The highest BCUT2D eigenvalue weighted by Gasteiger charge is 2.09. The Hall–Kier alpha value is -2.60. The number of nitrogens with one attached hydrogen (secondary N) is 2. The van der Waals surface area contributed by atoms with Crippen molar-refractivity contribution in [3.63, 3.8) is 0 Å². The Labute approximate surface area is 137 Å². The molecule has 0 radical (unpaired) electrons. The first-order chi connectivity index (χ1) is 11.2. The van der Waals surface area contributed by atoms with Crippen molar-refractivity contribution in [3.8, 4) is 0 Å². The van der Waals surface area contributed by atoms with Crippen LogP contribution in [0.5, 0.6) is 0 Å². The molecule has 0 spiro atoms. The first-order valence-corrected chi connectivity index (χ1v) is 7.71. The van der Waals surface area contributed by atoms with Gasteiger partial charge < -0.3 is 14.9 Å². The van der Waals surface area contributed by atoms with E-state index in [1.165, 1.54) is 5.56 Å². The molecule has 0 bridgehead atoms. The van der Waals surface area contributed by atoms with E-state index in [2.05, 4.69) is 25.3 Å². The highest BCUT2D eigenvalue weighted by molar-refractivity contribution is 6.31. The van der Waals surface area contributed by atoms with E-state index >= 15 is 0 Å². The van der Waals surface area contributed by atoms with Crippen molar-refractivity contribution in [3.05, 3.63) is 47.6 Å². The van der Waals surface area contributed by atoms with Crippen molar-refractivity contribution in [2.45, 2.75) is 6.42 Å². The van der Waals surface area contributed by atoms with Crippen molar-refractivity contribution in [1.82, 2.24) is 24.5 Å². The van der Waals surface area contributed by atoms with Crippen molar-refractivity contribution in [1.29, 1.82) is 0 Å². The highest BCUT2D eigenvalue weighted by atomic mass is 35.5. The molecule has 4 rings (SSSR count). The lowest BCUT2D eigenvalue weighted by Gasteiger charge is -2.05. The zero-order chi connectivity index (χ0) is 15.8. The average Bonchev–Trinajstić information content (AvgIpc) is 3.12. The van der Waals surface area contributed by atoms with Gasteiger partial charge >= 0.3 is 0 Å². The summed E-state index contributed by atoms with van der Waals surface area (Å²) in [7, 11) is 1.92. The standard InChI is InChI=1S/C16H15ClN6/c1-23-9-22-14-15(20-8-21-16(14)23)18-5-4-10-7-19-13-3-2-11(17)6-12(10)13/h2-3,6-9,19H,4-5H2,1H3,(H,18,20,21). The van der Waals surface area contributed by atoms with Crippen LogP contribution in [0.25, 0.3) is 22.1 Å². The molecule has 0 aliphatic rings. The van der Waals surface area contributed by atoms with Gasteiger partial charge in [-0.3, -0.25) is 0 Å². The summed E-state index contributed by atoms with van der Waals surface area (Å²) in [6.45, 7) is 0.752. The van der Waals surface area contributed by atoms with Crippen molar-refractivity contribution in [2.24, 2.45) is 7.05 Å². The van der Waals surface area contributed by atoms with Crippen LogP contribution in [0.1, 0.15) is 5.56 Å². The Balaban J connectivity index is 1.53. The number of rotatable bonds is 4. The molecule has 0 fully saturated rings. The Bertz CT molecular complexity index is 987. The van der Waals surface area contributed by atoms with Crippen molar-refractivity contribution < 1.29 is 0 Å². The van der Waals surface area contributed by atoms with Crippen LogP contribution < -0.4 is 5.32 Å². The van der Waals surface area contributed by atoms with Gasteiger partial charge in [0.25, 0.3) is 0 Å². The minimum absolute atomic E-state index is 0.748. The van der Waals surface area contributed by atoms with Gasteiger partial charge in [0.1, 0.15) is 11.8 Å². The first kappa shape index (κ1) is 14.0. The van der Waals surface area contributed by atoms with E-state index in [-0.39, 0.29) is 0 Å². The van der Waals surface area contributed by atoms with Gasteiger partial charge in [0, 0.05) is 35.7 Å². The quantitative estimate of drug-likeness (QED) is 0.604. The molecule has 3 aromatic heterocycles. The molecule has 0 atom stereocenters. The lowest BCUT2D eigenvalue weighted by molar-refractivity contribution is 0.927. The van der Waals surface area contributed by atoms with E-state index in [0.717, 1.165) is 45.9 Å². The van der Waals surface area contributed by atoms with Gasteiger partial charge in [-0.25, -0.2) is 15.0 Å². The van der Waals surface area contributed by atoms with E-state index < -0.39 is 0 Å². The molecule has 23 heavy (non-hydrogen) atoms. The fourth-order valence-electron chi connectivity index (χ4n) is 2.75. The van der Waals surface area contributed by atoms with Crippen LogP contribution in [0.4, 0.5) is 5.82 Å². The molecule has 3 heterocycles. The smallest absolute Gasteiger partial charge is 0.165 e. The molecule has 4 aromatic rings. The summed E-state index contributed by atoms with van der Waals surface area (Å²) in [6, 6.07) is 5.88.